The van der Waals surface area contributed by atoms with E-state index in [-0.39, 0.29) is 10.8 Å². The molecule has 1 saturated heterocycles. The quantitative estimate of drug-likeness (QED) is 0.585. The van der Waals surface area contributed by atoms with Gasteiger partial charge >= 0.3 is 0 Å². The predicted molar refractivity (Wildman–Crippen MR) is 118 cm³/mol. The van der Waals surface area contributed by atoms with E-state index in [1.54, 1.807) is 30.3 Å². The van der Waals surface area contributed by atoms with Crippen molar-refractivity contribution < 1.29 is 17.9 Å². The number of rotatable bonds is 6. The Balaban J connectivity index is 1.68. The first-order chi connectivity index (χ1) is 14.5. The highest BCUT2D eigenvalue weighted by atomic mass is 32.2. The second-order valence-electron chi connectivity index (χ2n) is 6.97. The number of carbonyl (C=O) groups excluding carboxylic acids is 1. The van der Waals surface area contributed by atoms with Crippen molar-refractivity contribution >= 4 is 33.0 Å². The molecule has 0 atom stereocenters. The van der Waals surface area contributed by atoms with E-state index in [0.29, 0.717) is 35.2 Å². The molecule has 2 heterocycles. The van der Waals surface area contributed by atoms with Gasteiger partial charge in [-0.2, -0.15) is 4.31 Å². The van der Waals surface area contributed by atoms with Crippen LogP contribution in [0.25, 0.3) is 0 Å². The molecular weight excluding hydrogens is 420 g/mol. The van der Waals surface area contributed by atoms with Crippen LogP contribution in [0.2, 0.25) is 0 Å². The zero-order valence-electron chi connectivity index (χ0n) is 16.3. The first kappa shape index (κ1) is 20.6. The maximum atomic E-state index is 13.1. The summed E-state index contributed by atoms with van der Waals surface area (Å²) in [6, 6.07) is 17.3. The number of anilines is 1. The molecule has 1 fully saturated rings. The van der Waals surface area contributed by atoms with Gasteiger partial charge in [0, 0.05) is 13.1 Å². The number of benzene rings is 2. The van der Waals surface area contributed by atoms with Gasteiger partial charge in [-0.1, -0.05) is 30.7 Å². The van der Waals surface area contributed by atoms with Gasteiger partial charge in [0.1, 0.15) is 5.75 Å². The van der Waals surface area contributed by atoms with Crippen molar-refractivity contribution in [3.05, 3.63) is 70.9 Å². The van der Waals surface area contributed by atoms with Gasteiger partial charge in [0.15, 0.2) is 5.75 Å². The van der Waals surface area contributed by atoms with Crippen molar-refractivity contribution in [2.45, 2.75) is 24.2 Å². The molecule has 8 heteroatoms. The number of nitrogens with one attached hydrogen (secondary N) is 1. The molecule has 1 aromatic heterocycles. The highest BCUT2D eigenvalue weighted by Crippen LogP contribution is 2.33. The summed E-state index contributed by atoms with van der Waals surface area (Å²) in [5.41, 5.74) is 0.315. The van der Waals surface area contributed by atoms with Crippen molar-refractivity contribution in [1.29, 1.82) is 0 Å². The molecule has 0 unspecified atom stereocenters. The Morgan fingerprint density at radius 1 is 0.967 bits per heavy atom. The number of carbonyl (C=O) groups is 1. The smallest absolute Gasteiger partial charge is 0.265 e. The van der Waals surface area contributed by atoms with Crippen LogP contribution in [0.5, 0.6) is 11.5 Å². The van der Waals surface area contributed by atoms with Crippen molar-refractivity contribution in [2.24, 2.45) is 0 Å². The lowest BCUT2D eigenvalue weighted by atomic mass is 10.2. The van der Waals surface area contributed by atoms with Gasteiger partial charge in [-0.05, 0) is 54.6 Å². The van der Waals surface area contributed by atoms with Crippen LogP contribution in [0, 0.1) is 0 Å². The Bertz CT molecular complexity index is 1110. The fraction of sp³-hybridized carbons (Fsp3) is 0.227. The third kappa shape index (κ3) is 4.56. The third-order valence-corrected chi connectivity index (χ3v) is 7.63. The predicted octanol–water partition coefficient (Wildman–Crippen LogP) is 4.97. The molecule has 2 aromatic carbocycles. The Morgan fingerprint density at radius 2 is 1.73 bits per heavy atom. The number of piperidine rings is 1. The molecule has 1 aliphatic rings. The number of nitrogens with zero attached hydrogens (tertiary/aromatic N) is 1. The van der Waals surface area contributed by atoms with Crippen LogP contribution in [0.4, 0.5) is 5.69 Å². The molecular formula is C22H22N2O4S2. The summed E-state index contributed by atoms with van der Waals surface area (Å²) in [4.78, 5) is 13.3. The van der Waals surface area contributed by atoms with Gasteiger partial charge in [-0.15, -0.1) is 11.3 Å². The number of thiophene rings is 1. The second kappa shape index (κ2) is 8.99. The zero-order chi connectivity index (χ0) is 21.0. The molecule has 30 heavy (non-hydrogen) atoms. The minimum atomic E-state index is -3.63. The number of hydrogen-bond donors (Lipinski definition) is 1. The standard InChI is InChI=1S/C22H22N2O4S2/c25-22(21-10-7-15-29-21)23-19-16-18(30(26,27)24-13-5-2-6-14-24)11-12-20(19)28-17-8-3-1-4-9-17/h1,3-4,7-12,15-16H,2,5-6,13-14H2,(H,23,25). The fourth-order valence-electron chi connectivity index (χ4n) is 3.32. The van der Waals surface area contributed by atoms with Crippen molar-refractivity contribution in [2.75, 3.05) is 18.4 Å². The largest absolute Gasteiger partial charge is 0.455 e. The molecule has 0 spiro atoms. The molecule has 1 N–H and O–H groups in total. The minimum Gasteiger partial charge on any atom is -0.455 e. The number of ether oxygens (including phenoxy) is 1. The average molecular weight is 443 g/mol. The highest BCUT2D eigenvalue weighted by molar-refractivity contribution is 7.89. The lowest BCUT2D eigenvalue weighted by Gasteiger charge is -2.26. The summed E-state index contributed by atoms with van der Waals surface area (Å²) in [6.07, 6.45) is 2.75. The molecule has 0 radical (unpaired) electrons. The molecule has 3 aromatic rings. The Morgan fingerprint density at radius 3 is 2.43 bits per heavy atom. The Kier molecular flexibility index (Phi) is 6.17. The lowest BCUT2D eigenvalue weighted by Crippen LogP contribution is -2.35. The molecule has 6 nitrogen and oxygen atoms in total. The SMILES string of the molecule is O=C(Nc1cc(S(=O)(=O)N2CCCCC2)ccc1Oc1ccccc1)c1cccs1. The van der Waals surface area contributed by atoms with E-state index in [1.807, 2.05) is 23.6 Å². The van der Waals surface area contributed by atoms with Gasteiger partial charge in [0.2, 0.25) is 10.0 Å². The first-order valence-corrected chi connectivity index (χ1v) is 12.1. The molecule has 1 aliphatic heterocycles. The summed E-state index contributed by atoms with van der Waals surface area (Å²) in [5, 5.41) is 4.63. The van der Waals surface area contributed by atoms with Crippen molar-refractivity contribution in [1.82, 2.24) is 4.31 Å². The van der Waals surface area contributed by atoms with Gasteiger partial charge in [-0.3, -0.25) is 4.79 Å². The van der Waals surface area contributed by atoms with E-state index in [4.69, 9.17) is 4.74 Å². The normalized spacial score (nSPS) is 14.9. The second-order valence-corrected chi connectivity index (χ2v) is 9.85. The Labute approximate surface area is 180 Å². The van der Waals surface area contributed by atoms with E-state index in [1.165, 1.54) is 27.8 Å². The van der Waals surface area contributed by atoms with E-state index in [0.717, 1.165) is 19.3 Å². The van der Waals surface area contributed by atoms with Gasteiger partial charge < -0.3 is 10.1 Å². The molecule has 0 bridgehead atoms. The monoisotopic (exact) mass is 442 g/mol. The topological polar surface area (TPSA) is 75.7 Å². The number of hydrogen-bond acceptors (Lipinski definition) is 5. The molecule has 0 aliphatic carbocycles. The van der Waals surface area contributed by atoms with Crippen LogP contribution in [0.15, 0.2) is 70.9 Å². The maximum Gasteiger partial charge on any atom is 0.265 e. The average Bonchev–Trinajstić information content (AvgIpc) is 3.31. The first-order valence-electron chi connectivity index (χ1n) is 9.76. The van der Waals surface area contributed by atoms with E-state index in [9.17, 15) is 13.2 Å². The molecule has 156 valence electrons. The van der Waals surface area contributed by atoms with Crippen LogP contribution in [-0.2, 0) is 10.0 Å². The van der Waals surface area contributed by atoms with E-state index >= 15 is 0 Å². The van der Waals surface area contributed by atoms with Crippen LogP contribution in [-0.4, -0.2) is 31.7 Å². The van der Waals surface area contributed by atoms with Gasteiger partial charge in [-0.25, -0.2) is 8.42 Å². The van der Waals surface area contributed by atoms with Crippen LogP contribution >= 0.6 is 11.3 Å². The number of para-hydroxylation sites is 1. The van der Waals surface area contributed by atoms with Crippen LogP contribution in [0.3, 0.4) is 0 Å². The fourth-order valence-corrected chi connectivity index (χ4v) is 5.48. The summed E-state index contributed by atoms with van der Waals surface area (Å²) < 4.78 is 33.6. The zero-order valence-corrected chi connectivity index (χ0v) is 17.9. The summed E-state index contributed by atoms with van der Waals surface area (Å²) in [5.74, 6) is 0.662. The van der Waals surface area contributed by atoms with Crippen LogP contribution < -0.4 is 10.1 Å². The summed E-state index contributed by atoms with van der Waals surface area (Å²) >= 11 is 1.31. The van der Waals surface area contributed by atoms with Crippen LogP contribution in [0.1, 0.15) is 28.9 Å². The number of sulfonamides is 1. The third-order valence-electron chi connectivity index (χ3n) is 4.87. The summed E-state index contributed by atoms with van der Waals surface area (Å²) in [7, 11) is -3.63. The van der Waals surface area contributed by atoms with Crippen molar-refractivity contribution in [3.8, 4) is 11.5 Å². The Hall–Kier alpha value is -2.68. The van der Waals surface area contributed by atoms with E-state index < -0.39 is 10.0 Å². The lowest BCUT2D eigenvalue weighted by molar-refractivity contribution is 0.103. The van der Waals surface area contributed by atoms with Crippen molar-refractivity contribution in [3.63, 3.8) is 0 Å². The van der Waals surface area contributed by atoms with E-state index in [2.05, 4.69) is 5.32 Å². The number of amides is 1. The molecule has 1 amide bonds. The minimum absolute atomic E-state index is 0.145. The molecule has 0 saturated carbocycles. The highest BCUT2D eigenvalue weighted by Gasteiger charge is 2.27. The summed E-state index contributed by atoms with van der Waals surface area (Å²) in [6.45, 7) is 1.03. The molecule has 4 rings (SSSR count). The maximum absolute atomic E-state index is 13.1. The van der Waals surface area contributed by atoms with Gasteiger partial charge in [0.25, 0.3) is 5.91 Å². The van der Waals surface area contributed by atoms with Gasteiger partial charge in [0.05, 0.1) is 15.5 Å².